The first-order chi connectivity index (χ1) is 11.2. The molecular weight excluding hydrogens is 290 g/mol. The molecule has 5 heteroatoms. The molecule has 2 heterocycles. The monoisotopic (exact) mass is 309 g/mol. The molecule has 3 aromatic rings. The zero-order valence-corrected chi connectivity index (χ0v) is 13.2. The second kappa shape index (κ2) is 6.52. The van der Waals surface area contributed by atoms with Crippen molar-refractivity contribution in [1.82, 2.24) is 14.7 Å². The van der Waals surface area contributed by atoms with E-state index in [1.165, 1.54) is 0 Å². The number of aromatic nitrogens is 2. The Morgan fingerprint density at radius 2 is 2.04 bits per heavy atom. The van der Waals surface area contributed by atoms with Crippen molar-refractivity contribution in [2.45, 2.75) is 19.4 Å². The molecule has 23 heavy (non-hydrogen) atoms. The molecule has 0 saturated heterocycles. The number of methoxy groups -OCH3 is 1. The number of amides is 1. The summed E-state index contributed by atoms with van der Waals surface area (Å²) in [5, 5.41) is 3.09. The summed E-state index contributed by atoms with van der Waals surface area (Å²) >= 11 is 0. The third-order valence-corrected chi connectivity index (χ3v) is 3.89. The van der Waals surface area contributed by atoms with E-state index < -0.39 is 0 Å². The lowest BCUT2D eigenvalue weighted by atomic mass is 10.0. The van der Waals surface area contributed by atoms with Crippen LogP contribution < -0.4 is 10.1 Å². The van der Waals surface area contributed by atoms with Crippen molar-refractivity contribution in [3.63, 3.8) is 0 Å². The van der Waals surface area contributed by atoms with Crippen molar-refractivity contribution in [2.75, 3.05) is 7.11 Å². The maximum Gasteiger partial charge on any atom is 0.268 e. The SMILES string of the molecule is CC[C@H](NC(=O)c1cccc2nccn12)c1ccc(OC)cc1. The van der Waals surface area contributed by atoms with Crippen LogP contribution in [-0.2, 0) is 0 Å². The summed E-state index contributed by atoms with van der Waals surface area (Å²) in [6.07, 6.45) is 4.28. The molecule has 0 saturated carbocycles. The number of hydrogen-bond acceptors (Lipinski definition) is 3. The van der Waals surface area contributed by atoms with E-state index in [1.807, 2.05) is 43.3 Å². The highest BCUT2D eigenvalue weighted by atomic mass is 16.5. The lowest BCUT2D eigenvalue weighted by molar-refractivity contribution is 0.0929. The van der Waals surface area contributed by atoms with Gasteiger partial charge in [0.25, 0.3) is 5.91 Å². The van der Waals surface area contributed by atoms with Gasteiger partial charge in [0.05, 0.1) is 13.2 Å². The van der Waals surface area contributed by atoms with Crippen LogP contribution in [0.1, 0.15) is 35.4 Å². The van der Waals surface area contributed by atoms with Gasteiger partial charge in [-0.15, -0.1) is 0 Å². The maximum absolute atomic E-state index is 12.6. The number of imidazole rings is 1. The molecule has 1 aromatic carbocycles. The summed E-state index contributed by atoms with van der Waals surface area (Å²) in [4.78, 5) is 16.8. The number of nitrogens with one attached hydrogen (secondary N) is 1. The van der Waals surface area contributed by atoms with E-state index >= 15 is 0 Å². The second-order valence-electron chi connectivity index (χ2n) is 5.27. The number of benzene rings is 1. The van der Waals surface area contributed by atoms with Crippen LogP contribution in [-0.4, -0.2) is 22.4 Å². The molecule has 3 rings (SSSR count). The minimum atomic E-state index is -0.115. The quantitative estimate of drug-likeness (QED) is 0.787. The van der Waals surface area contributed by atoms with Gasteiger partial charge in [0.1, 0.15) is 17.1 Å². The highest BCUT2D eigenvalue weighted by molar-refractivity contribution is 5.93. The molecular formula is C18H19N3O2. The number of rotatable bonds is 5. The van der Waals surface area contributed by atoms with Gasteiger partial charge in [-0.2, -0.15) is 0 Å². The van der Waals surface area contributed by atoms with Crippen LogP contribution in [0.4, 0.5) is 0 Å². The lowest BCUT2D eigenvalue weighted by Gasteiger charge is -2.18. The van der Waals surface area contributed by atoms with Gasteiger partial charge >= 0.3 is 0 Å². The van der Waals surface area contributed by atoms with E-state index in [9.17, 15) is 4.79 Å². The molecule has 0 spiro atoms. The minimum absolute atomic E-state index is 0.0489. The number of carbonyl (C=O) groups is 1. The average Bonchev–Trinajstić information content (AvgIpc) is 3.08. The Morgan fingerprint density at radius 3 is 2.74 bits per heavy atom. The Balaban J connectivity index is 1.83. The van der Waals surface area contributed by atoms with E-state index in [0.29, 0.717) is 5.69 Å². The Labute approximate surface area is 134 Å². The Bertz CT molecular complexity index is 809. The molecule has 0 unspecified atom stereocenters. The largest absolute Gasteiger partial charge is 0.497 e. The number of carbonyl (C=O) groups excluding carboxylic acids is 1. The van der Waals surface area contributed by atoms with Crippen molar-refractivity contribution in [1.29, 1.82) is 0 Å². The standard InChI is InChI=1S/C18H19N3O2/c1-3-15(13-7-9-14(23-2)10-8-13)20-18(22)16-5-4-6-17-19-11-12-21(16)17/h4-12,15H,3H2,1-2H3,(H,20,22)/t15-/m0/s1. The van der Waals surface area contributed by atoms with Crippen LogP contribution in [0.2, 0.25) is 0 Å². The van der Waals surface area contributed by atoms with Gasteiger partial charge in [-0.25, -0.2) is 4.98 Å². The third-order valence-electron chi connectivity index (χ3n) is 3.89. The summed E-state index contributed by atoms with van der Waals surface area (Å²) < 4.78 is 6.96. The molecule has 0 aliphatic carbocycles. The normalized spacial score (nSPS) is 12.1. The predicted octanol–water partition coefficient (Wildman–Crippen LogP) is 3.22. The first-order valence-corrected chi connectivity index (χ1v) is 7.60. The van der Waals surface area contributed by atoms with E-state index in [1.54, 1.807) is 30.0 Å². The number of ether oxygens (including phenoxy) is 1. The fourth-order valence-corrected chi connectivity index (χ4v) is 2.62. The van der Waals surface area contributed by atoms with Crippen LogP contribution in [0.3, 0.4) is 0 Å². The molecule has 2 aromatic heterocycles. The maximum atomic E-state index is 12.6. The molecule has 118 valence electrons. The number of pyridine rings is 1. The summed E-state index contributed by atoms with van der Waals surface area (Å²) in [5.74, 6) is 0.689. The molecule has 1 amide bonds. The number of nitrogens with zero attached hydrogens (tertiary/aromatic N) is 2. The van der Waals surface area contributed by atoms with Crippen LogP contribution in [0.15, 0.2) is 54.9 Å². The van der Waals surface area contributed by atoms with Crippen LogP contribution in [0.25, 0.3) is 5.65 Å². The minimum Gasteiger partial charge on any atom is -0.497 e. The van der Waals surface area contributed by atoms with Crippen molar-refractivity contribution in [3.8, 4) is 5.75 Å². The Kier molecular flexibility index (Phi) is 4.28. The summed E-state index contributed by atoms with van der Waals surface area (Å²) in [7, 11) is 1.64. The Hall–Kier alpha value is -2.82. The zero-order chi connectivity index (χ0) is 16.2. The van der Waals surface area contributed by atoms with E-state index in [0.717, 1.165) is 23.4 Å². The van der Waals surface area contributed by atoms with Gasteiger partial charge in [0.15, 0.2) is 0 Å². The van der Waals surface area contributed by atoms with Crippen LogP contribution >= 0.6 is 0 Å². The second-order valence-corrected chi connectivity index (χ2v) is 5.27. The average molecular weight is 309 g/mol. The fraction of sp³-hybridized carbons (Fsp3) is 0.222. The molecule has 0 aliphatic heterocycles. The predicted molar refractivity (Wildman–Crippen MR) is 88.7 cm³/mol. The molecule has 0 bridgehead atoms. The van der Waals surface area contributed by atoms with Crippen molar-refractivity contribution in [3.05, 3.63) is 66.1 Å². The van der Waals surface area contributed by atoms with Gasteiger partial charge in [0.2, 0.25) is 0 Å². The number of hydrogen-bond donors (Lipinski definition) is 1. The van der Waals surface area contributed by atoms with Crippen molar-refractivity contribution >= 4 is 11.6 Å². The lowest BCUT2D eigenvalue weighted by Crippen LogP contribution is -2.29. The van der Waals surface area contributed by atoms with Crippen molar-refractivity contribution in [2.24, 2.45) is 0 Å². The van der Waals surface area contributed by atoms with E-state index in [2.05, 4.69) is 10.3 Å². The molecule has 0 aliphatic rings. The molecule has 0 radical (unpaired) electrons. The van der Waals surface area contributed by atoms with E-state index in [4.69, 9.17) is 4.74 Å². The van der Waals surface area contributed by atoms with Gasteiger partial charge in [-0.3, -0.25) is 9.20 Å². The highest BCUT2D eigenvalue weighted by Crippen LogP contribution is 2.20. The first-order valence-electron chi connectivity index (χ1n) is 7.60. The molecule has 0 fully saturated rings. The van der Waals surface area contributed by atoms with Gasteiger partial charge in [-0.1, -0.05) is 25.1 Å². The number of fused-ring (bicyclic) bond motifs is 1. The zero-order valence-electron chi connectivity index (χ0n) is 13.2. The van der Waals surface area contributed by atoms with Crippen LogP contribution in [0, 0.1) is 0 Å². The molecule has 1 N–H and O–H groups in total. The summed E-state index contributed by atoms with van der Waals surface area (Å²) in [6.45, 7) is 2.05. The van der Waals surface area contributed by atoms with Gasteiger partial charge < -0.3 is 10.1 Å². The molecule has 5 nitrogen and oxygen atoms in total. The Morgan fingerprint density at radius 1 is 1.26 bits per heavy atom. The summed E-state index contributed by atoms with van der Waals surface area (Å²) in [5.41, 5.74) is 2.39. The fourth-order valence-electron chi connectivity index (χ4n) is 2.62. The third kappa shape index (κ3) is 3.04. The first kappa shape index (κ1) is 15.1. The van der Waals surface area contributed by atoms with Gasteiger partial charge in [-0.05, 0) is 36.2 Å². The van der Waals surface area contributed by atoms with Crippen LogP contribution in [0.5, 0.6) is 5.75 Å². The molecule has 1 atom stereocenters. The smallest absolute Gasteiger partial charge is 0.268 e. The highest BCUT2D eigenvalue weighted by Gasteiger charge is 2.16. The topological polar surface area (TPSA) is 55.6 Å². The summed E-state index contributed by atoms with van der Waals surface area (Å²) in [6, 6.07) is 13.2. The van der Waals surface area contributed by atoms with Gasteiger partial charge in [0, 0.05) is 12.4 Å². The van der Waals surface area contributed by atoms with Crippen molar-refractivity contribution < 1.29 is 9.53 Å². The van der Waals surface area contributed by atoms with E-state index in [-0.39, 0.29) is 11.9 Å².